The maximum atomic E-state index is 12.7. The second kappa shape index (κ2) is 6.70. The zero-order valence-electron chi connectivity index (χ0n) is 11.9. The molecule has 1 aromatic carbocycles. The van der Waals surface area contributed by atoms with Crippen LogP contribution in [0.3, 0.4) is 0 Å². The van der Waals surface area contributed by atoms with Crippen molar-refractivity contribution in [2.75, 3.05) is 26.7 Å². The van der Waals surface area contributed by atoms with Crippen LogP contribution in [0.5, 0.6) is 5.75 Å². The Kier molecular flexibility index (Phi) is 4.95. The van der Waals surface area contributed by atoms with Gasteiger partial charge in [0, 0.05) is 7.05 Å². The van der Waals surface area contributed by atoms with Gasteiger partial charge >= 0.3 is 0 Å². The molecule has 2 rings (SSSR count). The number of nitrogens with one attached hydrogen (secondary N) is 1. The molecule has 110 valence electrons. The molecular weight excluding hydrogens is 259 g/mol. The van der Waals surface area contributed by atoms with Gasteiger partial charge in [0.25, 0.3) is 0 Å². The number of hydrogen-bond donors (Lipinski definition) is 1. The number of amides is 1. The van der Waals surface area contributed by atoms with Crippen LogP contribution in [0.1, 0.15) is 13.3 Å². The molecule has 1 saturated heterocycles. The molecule has 0 aliphatic carbocycles. The summed E-state index contributed by atoms with van der Waals surface area (Å²) in [4.78, 5) is 13.9. The summed E-state index contributed by atoms with van der Waals surface area (Å²) in [5.74, 6) is 0.811. The second-order valence-corrected chi connectivity index (χ2v) is 5.26. The first-order valence-electron chi connectivity index (χ1n) is 6.94. The lowest BCUT2D eigenvalue weighted by molar-refractivity contribution is -0.132. The first kappa shape index (κ1) is 14.8. The van der Waals surface area contributed by atoms with Crippen LogP contribution < -0.4 is 10.1 Å². The Balaban J connectivity index is 1.75. The SMILES string of the molecule is CC1CCNC1C(=O)N(C)CCOc1ccc(F)cc1. The van der Waals surface area contributed by atoms with Crippen LogP contribution in [-0.2, 0) is 4.79 Å². The number of rotatable bonds is 5. The van der Waals surface area contributed by atoms with Gasteiger partial charge in [-0.3, -0.25) is 4.79 Å². The van der Waals surface area contributed by atoms with Gasteiger partial charge in [-0.15, -0.1) is 0 Å². The lowest BCUT2D eigenvalue weighted by Gasteiger charge is -2.23. The third-order valence-electron chi connectivity index (χ3n) is 3.68. The van der Waals surface area contributed by atoms with Crippen molar-refractivity contribution in [3.05, 3.63) is 30.1 Å². The Labute approximate surface area is 118 Å². The Hall–Kier alpha value is -1.62. The molecular formula is C15H21FN2O2. The van der Waals surface area contributed by atoms with Crippen LogP contribution in [0.4, 0.5) is 4.39 Å². The van der Waals surface area contributed by atoms with E-state index in [4.69, 9.17) is 4.74 Å². The molecule has 1 heterocycles. The lowest BCUT2D eigenvalue weighted by atomic mass is 10.0. The minimum atomic E-state index is -0.286. The van der Waals surface area contributed by atoms with Crippen molar-refractivity contribution in [3.8, 4) is 5.75 Å². The fourth-order valence-electron chi connectivity index (χ4n) is 2.34. The molecule has 4 nitrogen and oxygen atoms in total. The third kappa shape index (κ3) is 3.70. The van der Waals surface area contributed by atoms with Crippen LogP contribution in [0, 0.1) is 11.7 Å². The lowest BCUT2D eigenvalue weighted by Crippen LogP contribution is -2.45. The summed E-state index contributed by atoms with van der Waals surface area (Å²) in [6.45, 7) is 3.90. The molecule has 0 spiro atoms. The number of hydrogen-bond acceptors (Lipinski definition) is 3. The van der Waals surface area contributed by atoms with Crippen LogP contribution in [0.2, 0.25) is 0 Å². The van der Waals surface area contributed by atoms with Gasteiger partial charge in [0.1, 0.15) is 18.2 Å². The number of halogens is 1. The molecule has 1 aliphatic heterocycles. The average Bonchev–Trinajstić information content (AvgIpc) is 2.86. The minimum absolute atomic E-state index is 0.0779. The van der Waals surface area contributed by atoms with E-state index >= 15 is 0 Å². The maximum absolute atomic E-state index is 12.7. The maximum Gasteiger partial charge on any atom is 0.239 e. The summed E-state index contributed by atoms with van der Waals surface area (Å²) in [7, 11) is 1.78. The molecule has 2 atom stereocenters. The van der Waals surface area contributed by atoms with Crippen molar-refractivity contribution in [1.29, 1.82) is 0 Å². The van der Waals surface area contributed by atoms with E-state index in [1.165, 1.54) is 12.1 Å². The number of likely N-dealkylation sites (N-methyl/N-ethyl adjacent to an activating group) is 1. The van der Waals surface area contributed by atoms with Crippen molar-refractivity contribution in [2.24, 2.45) is 5.92 Å². The first-order chi connectivity index (χ1) is 9.58. The summed E-state index contributed by atoms with van der Waals surface area (Å²) < 4.78 is 18.2. The fraction of sp³-hybridized carbons (Fsp3) is 0.533. The van der Waals surface area contributed by atoms with Gasteiger partial charge in [-0.2, -0.15) is 0 Å². The Morgan fingerprint density at radius 2 is 2.15 bits per heavy atom. The normalized spacial score (nSPS) is 21.8. The molecule has 1 amide bonds. The molecule has 1 aliphatic rings. The van der Waals surface area contributed by atoms with E-state index in [0.717, 1.165) is 13.0 Å². The van der Waals surface area contributed by atoms with Gasteiger partial charge in [-0.25, -0.2) is 4.39 Å². The van der Waals surface area contributed by atoms with Crippen LogP contribution >= 0.6 is 0 Å². The predicted octanol–water partition coefficient (Wildman–Crippen LogP) is 1.66. The highest BCUT2D eigenvalue weighted by Crippen LogP contribution is 2.16. The summed E-state index contributed by atoms with van der Waals surface area (Å²) in [5, 5.41) is 3.23. The second-order valence-electron chi connectivity index (χ2n) is 5.26. The molecule has 2 unspecified atom stereocenters. The van der Waals surface area contributed by atoms with Crippen LogP contribution in [-0.4, -0.2) is 43.6 Å². The number of carbonyl (C=O) groups is 1. The highest BCUT2D eigenvalue weighted by atomic mass is 19.1. The zero-order chi connectivity index (χ0) is 14.5. The minimum Gasteiger partial charge on any atom is -0.492 e. The molecule has 0 bridgehead atoms. The zero-order valence-corrected chi connectivity index (χ0v) is 11.9. The summed E-state index contributed by atoms with van der Waals surface area (Å²) >= 11 is 0. The van der Waals surface area contributed by atoms with Crippen LogP contribution in [0.15, 0.2) is 24.3 Å². The molecule has 0 radical (unpaired) electrons. The van der Waals surface area contributed by atoms with Crippen LogP contribution in [0.25, 0.3) is 0 Å². The summed E-state index contributed by atoms with van der Waals surface area (Å²) in [6, 6.07) is 5.80. The predicted molar refractivity (Wildman–Crippen MR) is 75.1 cm³/mol. The van der Waals surface area contributed by atoms with Crippen molar-refractivity contribution in [1.82, 2.24) is 10.2 Å². The number of nitrogens with zero attached hydrogens (tertiary/aromatic N) is 1. The molecule has 0 saturated carbocycles. The summed E-state index contributed by atoms with van der Waals surface area (Å²) in [6.07, 6.45) is 1.04. The number of benzene rings is 1. The first-order valence-corrected chi connectivity index (χ1v) is 6.94. The topological polar surface area (TPSA) is 41.6 Å². The van der Waals surface area contributed by atoms with Crippen molar-refractivity contribution < 1.29 is 13.9 Å². The van der Waals surface area contributed by atoms with E-state index in [-0.39, 0.29) is 17.8 Å². The van der Waals surface area contributed by atoms with Gasteiger partial charge in [0.05, 0.1) is 12.6 Å². The van der Waals surface area contributed by atoms with Gasteiger partial charge in [-0.1, -0.05) is 6.92 Å². The smallest absolute Gasteiger partial charge is 0.239 e. The standard InChI is InChI=1S/C15H21FN2O2/c1-11-7-8-17-14(11)15(19)18(2)9-10-20-13-5-3-12(16)4-6-13/h3-6,11,14,17H,7-10H2,1-2H3. The Bertz CT molecular complexity index is 450. The van der Waals surface area contributed by atoms with E-state index < -0.39 is 0 Å². The van der Waals surface area contributed by atoms with E-state index in [0.29, 0.717) is 24.8 Å². The number of carbonyl (C=O) groups excluding carboxylic acids is 1. The van der Waals surface area contributed by atoms with E-state index in [1.807, 2.05) is 0 Å². The quantitative estimate of drug-likeness (QED) is 0.892. The van der Waals surface area contributed by atoms with E-state index in [9.17, 15) is 9.18 Å². The van der Waals surface area contributed by atoms with E-state index in [1.54, 1.807) is 24.1 Å². The Morgan fingerprint density at radius 1 is 1.45 bits per heavy atom. The molecule has 1 fully saturated rings. The molecule has 1 aromatic rings. The average molecular weight is 280 g/mol. The number of ether oxygens (including phenoxy) is 1. The van der Waals surface area contributed by atoms with Crippen molar-refractivity contribution in [2.45, 2.75) is 19.4 Å². The van der Waals surface area contributed by atoms with Crippen molar-refractivity contribution in [3.63, 3.8) is 0 Å². The molecule has 0 aromatic heterocycles. The van der Waals surface area contributed by atoms with Crippen molar-refractivity contribution >= 4 is 5.91 Å². The fourth-order valence-corrected chi connectivity index (χ4v) is 2.34. The third-order valence-corrected chi connectivity index (χ3v) is 3.68. The molecule has 20 heavy (non-hydrogen) atoms. The van der Waals surface area contributed by atoms with Gasteiger partial charge in [-0.05, 0) is 43.1 Å². The molecule has 5 heteroatoms. The van der Waals surface area contributed by atoms with Gasteiger partial charge in [0.2, 0.25) is 5.91 Å². The van der Waals surface area contributed by atoms with Gasteiger partial charge < -0.3 is 15.0 Å². The van der Waals surface area contributed by atoms with Gasteiger partial charge in [0.15, 0.2) is 0 Å². The highest BCUT2D eigenvalue weighted by molar-refractivity contribution is 5.82. The van der Waals surface area contributed by atoms with E-state index in [2.05, 4.69) is 12.2 Å². The summed E-state index contributed by atoms with van der Waals surface area (Å²) in [5.41, 5.74) is 0. The molecule has 1 N–H and O–H groups in total. The largest absolute Gasteiger partial charge is 0.492 e. The Morgan fingerprint density at radius 3 is 2.75 bits per heavy atom. The highest BCUT2D eigenvalue weighted by Gasteiger charge is 2.31. The monoisotopic (exact) mass is 280 g/mol.